The first-order valence-electron chi connectivity index (χ1n) is 8.75. The number of rotatable bonds is 7. The maximum absolute atomic E-state index is 12.4. The minimum absolute atomic E-state index is 0.116. The van der Waals surface area contributed by atoms with Crippen LogP contribution in [-0.4, -0.2) is 34.4 Å². The summed E-state index contributed by atoms with van der Waals surface area (Å²) in [5.41, 5.74) is 1.68. The Kier molecular flexibility index (Phi) is 5.59. The summed E-state index contributed by atoms with van der Waals surface area (Å²) < 4.78 is 12.3. The molecule has 0 fully saturated rings. The van der Waals surface area contributed by atoms with Gasteiger partial charge < -0.3 is 14.8 Å². The standard InChI is InChI=1S/C20H18N4O3S2/c1-13-10-18(22-19(25)11-27-15-7-5-14(26-2)6-8-15)24(23-13)20-21-16(12-29-20)17-4-3-9-28-17/h3-10,12H,11H2,1-2H3,(H,22,25). The van der Waals surface area contributed by atoms with Gasteiger partial charge in [0.2, 0.25) is 5.13 Å². The van der Waals surface area contributed by atoms with Crippen molar-refractivity contribution in [2.45, 2.75) is 6.92 Å². The molecule has 0 unspecified atom stereocenters. The highest BCUT2D eigenvalue weighted by Crippen LogP contribution is 2.29. The average Bonchev–Trinajstić information content (AvgIpc) is 3.47. The molecule has 0 aliphatic rings. The highest BCUT2D eigenvalue weighted by Gasteiger charge is 2.15. The summed E-state index contributed by atoms with van der Waals surface area (Å²) in [6.07, 6.45) is 0. The maximum atomic E-state index is 12.4. The first-order chi connectivity index (χ1) is 14.1. The van der Waals surface area contributed by atoms with Gasteiger partial charge in [-0.15, -0.1) is 22.7 Å². The van der Waals surface area contributed by atoms with Crippen molar-refractivity contribution >= 4 is 34.4 Å². The maximum Gasteiger partial charge on any atom is 0.263 e. The number of carbonyl (C=O) groups is 1. The fraction of sp³-hybridized carbons (Fsp3) is 0.150. The Bertz CT molecular complexity index is 1100. The third kappa shape index (κ3) is 4.47. The van der Waals surface area contributed by atoms with E-state index in [9.17, 15) is 4.79 Å². The fourth-order valence-corrected chi connectivity index (χ4v) is 4.18. The second-order valence-corrected chi connectivity index (χ2v) is 7.87. The summed E-state index contributed by atoms with van der Waals surface area (Å²) in [5.74, 6) is 1.59. The quantitative estimate of drug-likeness (QED) is 0.474. The molecule has 1 amide bonds. The smallest absolute Gasteiger partial charge is 0.263 e. The van der Waals surface area contributed by atoms with Gasteiger partial charge in [-0.25, -0.2) is 4.98 Å². The molecule has 0 atom stereocenters. The summed E-state index contributed by atoms with van der Waals surface area (Å²) in [4.78, 5) is 18.1. The van der Waals surface area contributed by atoms with E-state index >= 15 is 0 Å². The summed E-state index contributed by atoms with van der Waals surface area (Å²) in [5, 5.41) is 12.0. The number of aromatic nitrogens is 3. The van der Waals surface area contributed by atoms with E-state index in [1.807, 2.05) is 29.8 Å². The zero-order valence-electron chi connectivity index (χ0n) is 15.8. The summed E-state index contributed by atoms with van der Waals surface area (Å²) >= 11 is 3.10. The lowest BCUT2D eigenvalue weighted by Gasteiger charge is -2.08. The van der Waals surface area contributed by atoms with E-state index in [-0.39, 0.29) is 12.5 Å². The SMILES string of the molecule is COc1ccc(OCC(=O)Nc2cc(C)nn2-c2nc(-c3cccs3)cs2)cc1. The van der Waals surface area contributed by atoms with Gasteiger partial charge in [0.25, 0.3) is 5.91 Å². The number of thiophene rings is 1. The molecule has 3 aromatic heterocycles. The van der Waals surface area contributed by atoms with E-state index in [0.717, 1.165) is 22.0 Å². The molecule has 0 bridgehead atoms. The lowest BCUT2D eigenvalue weighted by molar-refractivity contribution is -0.118. The minimum atomic E-state index is -0.281. The number of hydrogen-bond donors (Lipinski definition) is 1. The van der Waals surface area contributed by atoms with Gasteiger partial charge in [-0.3, -0.25) is 4.79 Å². The molecule has 0 saturated heterocycles. The van der Waals surface area contributed by atoms with Crippen LogP contribution >= 0.6 is 22.7 Å². The Labute approximate surface area is 175 Å². The molecule has 9 heteroatoms. The number of hydrogen-bond acceptors (Lipinski definition) is 7. The molecule has 0 aliphatic carbocycles. The molecule has 3 heterocycles. The van der Waals surface area contributed by atoms with Crippen LogP contribution in [0.5, 0.6) is 11.5 Å². The van der Waals surface area contributed by atoms with Gasteiger partial charge >= 0.3 is 0 Å². The molecular weight excluding hydrogens is 408 g/mol. The number of nitrogens with zero attached hydrogens (tertiary/aromatic N) is 3. The van der Waals surface area contributed by atoms with Crippen LogP contribution in [0.2, 0.25) is 0 Å². The van der Waals surface area contributed by atoms with Crippen molar-refractivity contribution in [1.82, 2.24) is 14.8 Å². The van der Waals surface area contributed by atoms with Gasteiger partial charge in [-0.1, -0.05) is 6.07 Å². The van der Waals surface area contributed by atoms with Crippen LogP contribution in [0.15, 0.2) is 53.2 Å². The summed E-state index contributed by atoms with van der Waals surface area (Å²) in [6, 6.07) is 12.9. The lowest BCUT2D eigenvalue weighted by Crippen LogP contribution is -2.21. The van der Waals surface area contributed by atoms with Crippen LogP contribution in [0.25, 0.3) is 15.7 Å². The van der Waals surface area contributed by atoms with E-state index in [1.165, 1.54) is 11.3 Å². The summed E-state index contributed by atoms with van der Waals surface area (Å²) in [7, 11) is 1.60. The Morgan fingerprint density at radius 1 is 1.17 bits per heavy atom. The second-order valence-electron chi connectivity index (χ2n) is 6.09. The van der Waals surface area contributed by atoms with Crippen molar-refractivity contribution in [2.75, 3.05) is 19.0 Å². The lowest BCUT2D eigenvalue weighted by atomic mass is 10.3. The second kappa shape index (κ2) is 8.46. The van der Waals surface area contributed by atoms with E-state index in [1.54, 1.807) is 53.5 Å². The van der Waals surface area contributed by atoms with Gasteiger partial charge in [0.1, 0.15) is 17.3 Å². The van der Waals surface area contributed by atoms with Crippen molar-refractivity contribution in [3.63, 3.8) is 0 Å². The first-order valence-corrected chi connectivity index (χ1v) is 10.5. The monoisotopic (exact) mass is 426 g/mol. The van der Waals surface area contributed by atoms with E-state index in [0.29, 0.717) is 16.7 Å². The largest absolute Gasteiger partial charge is 0.497 e. The minimum Gasteiger partial charge on any atom is -0.497 e. The number of carbonyl (C=O) groups excluding carboxylic acids is 1. The van der Waals surface area contributed by atoms with Crippen molar-refractivity contribution in [3.8, 4) is 27.2 Å². The zero-order chi connectivity index (χ0) is 20.2. The molecule has 7 nitrogen and oxygen atoms in total. The van der Waals surface area contributed by atoms with E-state index in [2.05, 4.69) is 15.4 Å². The number of thiazole rings is 1. The molecular formula is C20H18N4O3S2. The number of anilines is 1. The first kappa shape index (κ1) is 19.2. The van der Waals surface area contributed by atoms with Crippen molar-refractivity contribution in [3.05, 3.63) is 58.9 Å². The predicted octanol–water partition coefficient (Wildman–Crippen LogP) is 4.39. The van der Waals surface area contributed by atoms with Crippen molar-refractivity contribution < 1.29 is 14.3 Å². The predicted molar refractivity (Wildman–Crippen MR) is 114 cm³/mol. The molecule has 29 heavy (non-hydrogen) atoms. The number of aryl methyl sites for hydroxylation is 1. The summed E-state index contributed by atoms with van der Waals surface area (Å²) in [6.45, 7) is 1.75. The number of amides is 1. The van der Waals surface area contributed by atoms with Crippen LogP contribution in [0, 0.1) is 6.92 Å². The number of methoxy groups -OCH3 is 1. The molecule has 1 aromatic carbocycles. The van der Waals surface area contributed by atoms with Gasteiger partial charge in [0.05, 0.1) is 23.4 Å². The van der Waals surface area contributed by atoms with Gasteiger partial charge in [-0.05, 0) is 42.6 Å². The Morgan fingerprint density at radius 3 is 2.69 bits per heavy atom. The third-order valence-electron chi connectivity index (χ3n) is 3.98. The Morgan fingerprint density at radius 2 is 1.97 bits per heavy atom. The normalized spacial score (nSPS) is 10.7. The van der Waals surface area contributed by atoms with Crippen LogP contribution in [0.3, 0.4) is 0 Å². The highest BCUT2D eigenvalue weighted by molar-refractivity contribution is 7.15. The molecule has 0 aliphatic heterocycles. The van der Waals surface area contributed by atoms with Gasteiger partial charge in [-0.2, -0.15) is 9.78 Å². The van der Waals surface area contributed by atoms with E-state index in [4.69, 9.17) is 9.47 Å². The topological polar surface area (TPSA) is 78.3 Å². The third-order valence-corrected chi connectivity index (χ3v) is 5.68. The van der Waals surface area contributed by atoms with E-state index < -0.39 is 0 Å². The van der Waals surface area contributed by atoms with Gasteiger partial charge in [0, 0.05) is 11.4 Å². The Hall–Kier alpha value is -3.17. The fourth-order valence-electron chi connectivity index (χ4n) is 2.63. The molecule has 4 aromatic rings. The van der Waals surface area contributed by atoms with Crippen molar-refractivity contribution in [2.24, 2.45) is 0 Å². The van der Waals surface area contributed by atoms with Crippen LogP contribution < -0.4 is 14.8 Å². The molecule has 4 rings (SSSR count). The van der Waals surface area contributed by atoms with Crippen LogP contribution in [0.4, 0.5) is 5.82 Å². The van der Waals surface area contributed by atoms with Gasteiger partial charge in [0.15, 0.2) is 6.61 Å². The average molecular weight is 427 g/mol. The molecule has 148 valence electrons. The molecule has 0 spiro atoms. The van der Waals surface area contributed by atoms with Crippen LogP contribution in [-0.2, 0) is 4.79 Å². The highest BCUT2D eigenvalue weighted by atomic mass is 32.1. The van der Waals surface area contributed by atoms with Crippen molar-refractivity contribution in [1.29, 1.82) is 0 Å². The van der Waals surface area contributed by atoms with Crippen LogP contribution in [0.1, 0.15) is 5.69 Å². The molecule has 0 radical (unpaired) electrons. The molecule has 0 saturated carbocycles. The Balaban J connectivity index is 1.44. The number of nitrogens with one attached hydrogen (secondary N) is 1. The zero-order valence-corrected chi connectivity index (χ0v) is 17.4. The molecule has 1 N–H and O–H groups in total. The number of benzene rings is 1. The number of ether oxygens (including phenoxy) is 2.